The second-order valence-electron chi connectivity index (χ2n) is 3.47. The van der Waals surface area contributed by atoms with Crippen molar-refractivity contribution in [1.29, 1.82) is 0 Å². The Labute approximate surface area is 81.2 Å². The van der Waals surface area contributed by atoms with Gasteiger partial charge in [0.25, 0.3) is 0 Å². The minimum Gasteiger partial charge on any atom is -0.319 e. The number of rotatable bonds is 4. The van der Waals surface area contributed by atoms with Crippen LogP contribution >= 0.6 is 0 Å². The van der Waals surface area contributed by atoms with Crippen molar-refractivity contribution >= 4 is 0 Å². The highest BCUT2D eigenvalue weighted by Gasteiger charge is 1.97. The van der Waals surface area contributed by atoms with Crippen molar-refractivity contribution in [1.82, 2.24) is 5.32 Å². The van der Waals surface area contributed by atoms with Gasteiger partial charge in [-0.25, -0.2) is 0 Å². The lowest BCUT2D eigenvalue weighted by molar-refractivity contribution is 0.791. The molecule has 0 radical (unpaired) electrons. The molecule has 0 bridgehead atoms. The third-order valence-electron chi connectivity index (χ3n) is 2.45. The molecule has 1 heteroatoms. The van der Waals surface area contributed by atoms with E-state index in [-0.39, 0.29) is 0 Å². The van der Waals surface area contributed by atoms with Crippen molar-refractivity contribution in [2.75, 3.05) is 13.6 Å². The highest BCUT2D eigenvalue weighted by Crippen LogP contribution is 2.11. The summed E-state index contributed by atoms with van der Waals surface area (Å²) in [5, 5.41) is 3.16. The maximum atomic E-state index is 3.16. The first-order valence-corrected chi connectivity index (χ1v) is 5.01. The van der Waals surface area contributed by atoms with Gasteiger partial charge < -0.3 is 5.32 Å². The smallest absolute Gasteiger partial charge is 0.00114 e. The Balaban J connectivity index is 2.71. The van der Waals surface area contributed by atoms with E-state index in [0.29, 0.717) is 0 Å². The number of hydrogen-bond donors (Lipinski definition) is 1. The monoisotopic (exact) mass is 177 g/mol. The first kappa shape index (κ1) is 10.3. The summed E-state index contributed by atoms with van der Waals surface area (Å²) in [6.07, 6.45) is 2.26. The zero-order chi connectivity index (χ0) is 9.68. The van der Waals surface area contributed by atoms with Gasteiger partial charge in [-0.3, -0.25) is 0 Å². The summed E-state index contributed by atoms with van der Waals surface area (Å²) >= 11 is 0. The fraction of sp³-hybridized carbons (Fsp3) is 0.500. The molecule has 0 fully saturated rings. The topological polar surface area (TPSA) is 12.0 Å². The number of nitrogens with one attached hydrogen (secondary N) is 1. The van der Waals surface area contributed by atoms with Gasteiger partial charge in [-0.05, 0) is 50.0 Å². The minimum absolute atomic E-state index is 1.06. The molecule has 0 aliphatic carbocycles. The fourth-order valence-electron chi connectivity index (χ4n) is 1.58. The molecule has 0 unspecified atom stereocenters. The van der Waals surface area contributed by atoms with Gasteiger partial charge in [0.05, 0.1) is 0 Å². The standard InChI is InChI=1S/C12H19N/c1-4-12-6-5-11(7-8-13-3)9-10(12)2/h5-6,9,13H,4,7-8H2,1-3H3. The quantitative estimate of drug-likeness (QED) is 0.744. The highest BCUT2D eigenvalue weighted by atomic mass is 14.8. The van der Waals surface area contributed by atoms with E-state index in [2.05, 4.69) is 37.4 Å². The zero-order valence-corrected chi connectivity index (χ0v) is 8.85. The van der Waals surface area contributed by atoms with Crippen molar-refractivity contribution in [2.45, 2.75) is 26.7 Å². The average Bonchev–Trinajstić information content (AvgIpc) is 2.15. The van der Waals surface area contributed by atoms with E-state index in [1.807, 2.05) is 7.05 Å². The van der Waals surface area contributed by atoms with Crippen molar-refractivity contribution < 1.29 is 0 Å². The minimum atomic E-state index is 1.06. The highest BCUT2D eigenvalue weighted by molar-refractivity contribution is 5.31. The first-order chi connectivity index (χ1) is 6.27. The molecule has 0 atom stereocenters. The zero-order valence-electron chi connectivity index (χ0n) is 8.85. The van der Waals surface area contributed by atoms with E-state index in [4.69, 9.17) is 0 Å². The third kappa shape index (κ3) is 2.85. The van der Waals surface area contributed by atoms with Crippen LogP contribution in [0.1, 0.15) is 23.6 Å². The van der Waals surface area contributed by atoms with Gasteiger partial charge in [-0.2, -0.15) is 0 Å². The lowest BCUT2D eigenvalue weighted by Gasteiger charge is -2.06. The van der Waals surface area contributed by atoms with E-state index in [9.17, 15) is 0 Å². The second kappa shape index (κ2) is 5.03. The molecule has 0 amide bonds. The second-order valence-corrected chi connectivity index (χ2v) is 3.47. The lowest BCUT2D eigenvalue weighted by Crippen LogP contribution is -2.10. The van der Waals surface area contributed by atoms with Crippen molar-refractivity contribution in [3.63, 3.8) is 0 Å². The summed E-state index contributed by atoms with van der Waals surface area (Å²) in [6, 6.07) is 6.79. The Morgan fingerprint density at radius 1 is 1.31 bits per heavy atom. The van der Waals surface area contributed by atoms with E-state index in [1.54, 1.807) is 0 Å². The molecular formula is C12H19N. The summed E-state index contributed by atoms with van der Waals surface area (Å²) in [6.45, 7) is 5.46. The van der Waals surface area contributed by atoms with Crippen molar-refractivity contribution in [3.05, 3.63) is 34.9 Å². The summed E-state index contributed by atoms with van der Waals surface area (Å²) in [5.41, 5.74) is 4.33. The lowest BCUT2D eigenvalue weighted by atomic mass is 10.0. The normalized spacial score (nSPS) is 10.4. The van der Waals surface area contributed by atoms with Crippen LogP contribution in [0.15, 0.2) is 18.2 Å². The summed E-state index contributed by atoms with van der Waals surface area (Å²) in [5.74, 6) is 0. The molecule has 72 valence electrons. The first-order valence-electron chi connectivity index (χ1n) is 5.01. The van der Waals surface area contributed by atoms with Gasteiger partial charge in [0.15, 0.2) is 0 Å². The van der Waals surface area contributed by atoms with Gasteiger partial charge >= 0.3 is 0 Å². The molecule has 0 spiro atoms. The molecule has 1 aromatic carbocycles. The van der Waals surface area contributed by atoms with Crippen LogP contribution < -0.4 is 5.32 Å². The summed E-state index contributed by atoms with van der Waals surface area (Å²) in [7, 11) is 1.99. The summed E-state index contributed by atoms with van der Waals surface area (Å²) in [4.78, 5) is 0. The third-order valence-corrected chi connectivity index (χ3v) is 2.45. The molecule has 0 saturated carbocycles. The van der Waals surface area contributed by atoms with E-state index < -0.39 is 0 Å². The van der Waals surface area contributed by atoms with Crippen LogP contribution in [0, 0.1) is 6.92 Å². The van der Waals surface area contributed by atoms with E-state index in [0.717, 1.165) is 19.4 Å². The number of aryl methyl sites for hydroxylation is 2. The molecule has 1 rings (SSSR count). The van der Waals surface area contributed by atoms with Gasteiger partial charge in [0.2, 0.25) is 0 Å². The average molecular weight is 177 g/mol. The Hall–Kier alpha value is -0.820. The molecule has 1 aromatic rings. The maximum Gasteiger partial charge on any atom is -0.00114 e. The molecule has 1 N–H and O–H groups in total. The van der Waals surface area contributed by atoms with Gasteiger partial charge in [0.1, 0.15) is 0 Å². The summed E-state index contributed by atoms with van der Waals surface area (Å²) < 4.78 is 0. The van der Waals surface area contributed by atoms with Crippen molar-refractivity contribution in [3.8, 4) is 0 Å². The molecule has 0 aliphatic heterocycles. The molecule has 0 aliphatic rings. The van der Waals surface area contributed by atoms with Crippen LogP contribution in [-0.2, 0) is 12.8 Å². The Morgan fingerprint density at radius 3 is 2.62 bits per heavy atom. The Bertz CT molecular complexity index is 266. The maximum absolute atomic E-state index is 3.16. The predicted octanol–water partition coefficient (Wildman–Crippen LogP) is 2.32. The van der Waals surface area contributed by atoms with Gasteiger partial charge in [0, 0.05) is 0 Å². The SMILES string of the molecule is CCc1ccc(CCNC)cc1C. The van der Waals surface area contributed by atoms with Crippen LogP contribution in [0.5, 0.6) is 0 Å². The van der Waals surface area contributed by atoms with E-state index >= 15 is 0 Å². The molecule has 1 nitrogen and oxygen atoms in total. The van der Waals surface area contributed by atoms with Gasteiger partial charge in [-0.1, -0.05) is 25.1 Å². The number of benzene rings is 1. The molecule has 0 saturated heterocycles. The van der Waals surface area contributed by atoms with Crippen LogP contribution in [0.2, 0.25) is 0 Å². The van der Waals surface area contributed by atoms with Crippen LogP contribution in [0.25, 0.3) is 0 Å². The predicted molar refractivity (Wildman–Crippen MR) is 58.2 cm³/mol. The molecular weight excluding hydrogens is 158 g/mol. The molecule has 0 aromatic heterocycles. The fourth-order valence-corrected chi connectivity index (χ4v) is 1.58. The Kier molecular flexibility index (Phi) is 3.97. The number of hydrogen-bond acceptors (Lipinski definition) is 1. The van der Waals surface area contributed by atoms with Crippen LogP contribution in [0.4, 0.5) is 0 Å². The van der Waals surface area contributed by atoms with Crippen LogP contribution in [-0.4, -0.2) is 13.6 Å². The van der Waals surface area contributed by atoms with Gasteiger partial charge in [-0.15, -0.1) is 0 Å². The largest absolute Gasteiger partial charge is 0.319 e. The van der Waals surface area contributed by atoms with Crippen LogP contribution in [0.3, 0.4) is 0 Å². The molecule has 13 heavy (non-hydrogen) atoms. The number of likely N-dealkylation sites (N-methyl/N-ethyl adjacent to an activating group) is 1. The Morgan fingerprint density at radius 2 is 2.08 bits per heavy atom. The van der Waals surface area contributed by atoms with E-state index in [1.165, 1.54) is 16.7 Å². The molecule has 0 heterocycles. The van der Waals surface area contributed by atoms with Crippen molar-refractivity contribution in [2.24, 2.45) is 0 Å².